The van der Waals surface area contributed by atoms with Crippen molar-refractivity contribution in [2.45, 2.75) is 32.5 Å². The highest BCUT2D eigenvalue weighted by Gasteiger charge is 2.34. The van der Waals surface area contributed by atoms with E-state index in [2.05, 4.69) is 9.88 Å². The number of likely N-dealkylation sites (N-methyl/N-ethyl adjacent to an activating group) is 1. The Morgan fingerprint density at radius 1 is 1.16 bits per heavy atom. The molecule has 2 N–H and O–H groups in total. The van der Waals surface area contributed by atoms with Crippen molar-refractivity contribution in [3.8, 4) is 17.0 Å². The van der Waals surface area contributed by atoms with Crippen molar-refractivity contribution >= 4 is 11.9 Å². The van der Waals surface area contributed by atoms with Crippen LogP contribution in [0.5, 0.6) is 5.88 Å². The Bertz CT molecular complexity index is 1230. The number of nitrogens with zero attached hydrogens (tertiary/aromatic N) is 3. The Kier molecular flexibility index (Phi) is 8.21. The molecule has 37 heavy (non-hydrogen) atoms. The van der Waals surface area contributed by atoms with Gasteiger partial charge in [0.1, 0.15) is 11.7 Å². The van der Waals surface area contributed by atoms with Crippen LogP contribution in [0.1, 0.15) is 40.1 Å². The summed E-state index contributed by atoms with van der Waals surface area (Å²) in [4.78, 5) is 33.1. The van der Waals surface area contributed by atoms with Gasteiger partial charge in [0.15, 0.2) is 0 Å². The summed E-state index contributed by atoms with van der Waals surface area (Å²) in [5.41, 5.74) is 3.39. The van der Waals surface area contributed by atoms with E-state index in [4.69, 9.17) is 9.84 Å². The van der Waals surface area contributed by atoms with E-state index in [0.717, 1.165) is 16.7 Å². The molecular formula is C29H33N3O5. The monoisotopic (exact) mass is 503 g/mol. The summed E-state index contributed by atoms with van der Waals surface area (Å²) in [6.07, 6.45) is 1.46. The highest BCUT2D eigenvalue weighted by Crippen LogP contribution is 2.30. The van der Waals surface area contributed by atoms with Crippen LogP contribution in [0.25, 0.3) is 11.1 Å². The van der Waals surface area contributed by atoms with Crippen molar-refractivity contribution < 1.29 is 24.5 Å². The van der Waals surface area contributed by atoms with Crippen LogP contribution in [0, 0.1) is 5.92 Å². The third-order valence-corrected chi connectivity index (χ3v) is 6.77. The minimum Gasteiger partial charge on any atom is -0.478 e. The number of aliphatic hydroxyl groups is 1. The molecular weight excluding hydrogens is 470 g/mol. The van der Waals surface area contributed by atoms with Gasteiger partial charge in [0.05, 0.1) is 18.2 Å². The molecule has 0 spiro atoms. The largest absolute Gasteiger partial charge is 0.478 e. The fourth-order valence-corrected chi connectivity index (χ4v) is 4.54. The predicted molar refractivity (Wildman–Crippen MR) is 141 cm³/mol. The normalized spacial score (nSPS) is 18.5. The Hall–Kier alpha value is -3.75. The topological polar surface area (TPSA) is 103 Å². The van der Waals surface area contributed by atoms with Gasteiger partial charge < -0.3 is 19.8 Å². The summed E-state index contributed by atoms with van der Waals surface area (Å²) >= 11 is 0. The number of carboxylic acid groups (broad SMARTS) is 1. The van der Waals surface area contributed by atoms with Gasteiger partial charge in [-0.1, -0.05) is 49.4 Å². The molecule has 2 aromatic carbocycles. The van der Waals surface area contributed by atoms with Gasteiger partial charge in [0.2, 0.25) is 5.88 Å². The summed E-state index contributed by atoms with van der Waals surface area (Å²) in [5.74, 6) is -0.900. The maximum absolute atomic E-state index is 13.6. The summed E-state index contributed by atoms with van der Waals surface area (Å²) in [6, 6.07) is 18.0. The lowest BCUT2D eigenvalue weighted by molar-refractivity contribution is 0.0325. The van der Waals surface area contributed by atoms with Crippen molar-refractivity contribution in [1.82, 2.24) is 14.8 Å². The molecule has 0 aliphatic carbocycles. The summed E-state index contributed by atoms with van der Waals surface area (Å²) < 4.78 is 6.39. The van der Waals surface area contributed by atoms with Gasteiger partial charge in [0, 0.05) is 37.3 Å². The molecule has 1 aromatic heterocycles. The van der Waals surface area contributed by atoms with Crippen molar-refractivity contribution in [3.63, 3.8) is 0 Å². The highest BCUT2D eigenvalue weighted by molar-refractivity contribution is 5.98. The second-order valence-corrected chi connectivity index (χ2v) is 9.76. The van der Waals surface area contributed by atoms with E-state index in [1.807, 2.05) is 69.4 Å². The molecule has 194 valence electrons. The van der Waals surface area contributed by atoms with Crippen LogP contribution in [0.3, 0.4) is 0 Å². The molecule has 0 saturated carbocycles. The van der Waals surface area contributed by atoms with Gasteiger partial charge in [0.25, 0.3) is 5.91 Å². The number of hydrogen-bond donors (Lipinski definition) is 2. The maximum Gasteiger partial charge on any atom is 0.335 e. The molecule has 8 nitrogen and oxygen atoms in total. The number of ether oxygens (including phenoxy) is 1. The molecule has 0 radical (unpaired) electrons. The van der Waals surface area contributed by atoms with Crippen LogP contribution in [0.4, 0.5) is 0 Å². The number of aromatic nitrogens is 1. The number of carboxylic acids is 1. The second-order valence-electron chi connectivity index (χ2n) is 9.76. The smallest absolute Gasteiger partial charge is 0.335 e. The maximum atomic E-state index is 13.6. The van der Waals surface area contributed by atoms with E-state index in [9.17, 15) is 14.7 Å². The fraction of sp³-hybridized carbons (Fsp3) is 0.345. The zero-order valence-electron chi connectivity index (χ0n) is 21.4. The zero-order valence-corrected chi connectivity index (χ0v) is 21.4. The van der Waals surface area contributed by atoms with Crippen LogP contribution in [-0.4, -0.2) is 75.8 Å². The first-order chi connectivity index (χ1) is 17.8. The van der Waals surface area contributed by atoms with Crippen molar-refractivity contribution in [2.75, 3.05) is 26.7 Å². The van der Waals surface area contributed by atoms with E-state index < -0.39 is 5.97 Å². The number of aromatic carboxylic acids is 1. The Labute approximate surface area is 217 Å². The lowest BCUT2D eigenvalue weighted by Gasteiger charge is -2.37. The van der Waals surface area contributed by atoms with Crippen LogP contribution in [0.15, 0.2) is 66.9 Å². The molecule has 0 unspecified atom stereocenters. The molecule has 0 fully saturated rings. The number of carbonyl (C=O) groups excluding carboxylic acids is 1. The highest BCUT2D eigenvalue weighted by atomic mass is 16.5. The van der Waals surface area contributed by atoms with Gasteiger partial charge in [-0.25, -0.2) is 9.78 Å². The minimum absolute atomic E-state index is 0.0291. The van der Waals surface area contributed by atoms with E-state index in [1.54, 1.807) is 23.2 Å². The second kappa shape index (κ2) is 11.5. The average Bonchev–Trinajstić information content (AvgIpc) is 2.90. The Balaban J connectivity index is 1.60. The van der Waals surface area contributed by atoms with Gasteiger partial charge in [-0.3, -0.25) is 9.69 Å². The van der Waals surface area contributed by atoms with Crippen LogP contribution >= 0.6 is 0 Å². The number of fused-ring (bicyclic) bond motifs is 1. The number of hydrogen-bond acceptors (Lipinski definition) is 6. The van der Waals surface area contributed by atoms with Gasteiger partial charge in [-0.2, -0.15) is 0 Å². The Morgan fingerprint density at radius 2 is 1.86 bits per heavy atom. The first-order valence-corrected chi connectivity index (χ1v) is 12.4. The molecule has 0 bridgehead atoms. The van der Waals surface area contributed by atoms with Gasteiger partial charge in [-0.05, 0) is 43.3 Å². The summed E-state index contributed by atoms with van der Waals surface area (Å²) in [6.45, 7) is 5.34. The van der Waals surface area contributed by atoms with E-state index in [0.29, 0.717) is 25.2 Å². The molecule has 1 amide bonds. The number of carbonyl (C=O) groups is 2. The molecule has 1 aliphatic rings. The van der Waals surface area contributed by atoms with E-state index in [-0.39, 0.29) is 42.0 Å². The molecule has 0 saturated heterocycles. The zero-order chi connectivity index (χ0) is 26.5. The summed E-state index contributed by atoms with van der Waals surface area (Å²) in [5, 5.41) is 19.0. The standard InChI is InChI=1S/C29H33N3O5/c1-19-15-32(20(2)18-33)28(34)25-13-24(22-7-5-4-6-8-22)14-30-27(25)37-26(19)17-31(3)16-21-9-11-23(12-10-21)29(35)36/h4-14,19-20,26,33H,15-18H2,1-3H3,(H,35,36)/t19-,20+,26+/m0/s1. The third kappa shape index (κ3) is 6.15. The molecule has 2 heterocycles. The number of rotatable bonds is 8. The van der Waals surface area contributed by atoms with Crippen molar-refractivity contribution in [2.24, 2.45) is 5.92 Å². The SMILES string of the molecule is C[C@H](CO)N1C[C@H](C)[C@@H](CN(C)Cc2ccc(C(=O)O)cc2)Oc2ncc(-c3ccccc3)cc2C1=O. The van der Waals surface area contributed by atoms with Crippen LogP contribution < -0.4 is 4.74 Å². The summed E-state index contributed by atoms with van der Waals surface area (Å²) in [7, 11) is 1.98. The lowest BCUT2D eigenvalue weighted by atomic mass is 9.99. The lowest BCUT2D eigenvalue weighted by Crippen LogP contribution is -2.49. The molecule has 4 rings (SSSR count). The molecule has 3 atom stereocenters. The number of amides is 1. The number of benzene rings is 2. The Morgan fingerprint density at radius 3 is 2.51 bits per heavy atom. The van der Waals surface area contributed by atoms with Crippen LogP contribution in [-0.2, 0) is 6.54 Å². The molecule has 3 aromatic rings. The van der Waals surface area contributed by atoms with E-state index >= 15 is 0 Å². The van der Waals surface area contributed by atoms with E-state index in [1.165, 1.54) is 0 Å². The van der Waals surface area contributed by atoms with Crippen molar-refractivity contribution in [3.05, 3.63) is 83.6 Å². The van der Waals surface area contributed by atoms with Gasteiger partial charge in [-0.15, -0.1) is 0 Å². The predicted octanol–water partition coefficient (Wildman–Crippen LogP) is 3.80. The van der Waals surface area contributed by atoms with Crippen molar-refractivity contribution in [1.29, 1.82) is 0 Å². The molecule has 1 aliphatic heterocycles. The fourth-order valence-electron chi connectivity index (χ4n) is 4.54. The number of aliphatic hydroxyl groups excluding tert-OH is 1. The minimum atomic E-state index is -0.950. The first kappa shape index (κ1) is 26.3. The average molecular weight is 504 g/mol. The quantitative estimate of drug-likeness (QED) is 0.482. The van der Waals surface area contributed by atoms with Crippen LogP contribution in [0.2, 0.25) is 0 Å². The molecule has 8 heteroatoms. The van der Waals surface area contributed by atoms with Gasteiger partial charge >= 0.3 is 5.97 Å². The first-order valence-electron chi connectivity index (χ1n) is 12.4. The third-order valence-electron chi connectivity index (χ3n) is 6.77. The number of pyridine rings is 1.